The Hall–Kier alpha value is -2.14. The fraction of sp³-hybridized carbons (Fsp3) is 0.412. The first-order valence-corrected chi connectivity index (χ1v) is 7.49. The van der Waals surface area contributed by atoms with Gasteiger partial charge in [0.1, 0.15) is 5.76 Å². The van der Waals surface area contributed by atoms with Crippen molar-refractivity contribution in [2.24, 2.45) is 5.92 Å². The number of rotatable bonds is 7. The highest BCUT2D eigenvalue weighted by molar-refractivity contribution is 5.78. The number of amides is 1. The van der Waals surface area contributed by atoms with Gasteiger partial charge in [0.05, 0.1) is 12.1 Å². The van der Waals surface area contributed by atoms with Crippen LogP contribution in [0.15, 0.2) is 34.7 Å². The van der Waals surface area contributed by atoms with Crippen molar-refractivity contribution in [1.29, 1.82) is 0 Å². The van der Waals surface area contributed by atoms with Gasteiger partial charge in [-0.15, -0.1) is 0 Å². The standard InChI is InChI=1S/C17H22N2O3/c1-12(8-9-20)11-18-16(21)10-15-13(2)22-17(19-15)14-6-4-3-5-7-14/h3-7,12,20H,8-11H2,1-2H3,(H,18,21). The average Bonchev–Trinajstić information content (AvgIpc) is 2.87. The van der Waals surface area contributed by atoms with Crippen molar-refractivity contribution < 1.29 is 14.3 Å². The van der Waals surface area contributed by atoms with Crippen LogP contribution in [-0.2, 0) is 11.2 Å². The van der Waals surface area contributed by atoms with E-state index in [1.54, 1.807) is 0 Å². The highest BCUT2D eigenvalue weighted by atomic mass is 16.4. The maximum atomic E-state index is 12.0. The maximum Gasteiger partial charge on any atom is 0.226 e. The number of nitrogens with zero attached hydrogens (tertiary/aromatic N) is 1. The SMILES string of the molecule is Cc1oc(-c2ccccc2)nc1CC(=O)NCC(C)CCO. The van der Waals surface area contributed by atoms with E-state index in [1.807, 2.05) is 44.2 Å². The molecule has 1 amide bonds. The van der Waals surface area contributed by atoms with Crippen molar-refractivity contribution in [3.8, 4) is 11.5 Å². The summed E-state index contributed by atoms with van der Waals surface area (Å²) in [6.45, 7) is 4.50. The van der Waals surface area contributed by atoms with Gasteiger partial charge in [-0.1, -0.05) is 25.1 Å². The quantitative estimate of drug-likeness (QED) is 0.823. The zero-order valence-electron chi connectivity index (χ0n) is 13.0. The molecular formula is C17H22N2O3. The summed E-state index contributed by atoms with van der Waals surface area (Å²) >= 11 is 0. The second-order valence-electron chi connectivity index (χ2n) is 5.49. The molecule has 1 aromatic carbocycles. The molecule has 0 spiro atoms. The van der Waals surface area contributed by atoms with Crippen molar-refractivity contribution in [2.45, 2.75) is 26.7 Å². The maximum absolute atomic E-state index is 12.0. The van der Waals surface area contributed by atoms with Crippen LogP contribution in [0, 0.1) is 12.8 Å². The van der Waals surface area contributed by atoms with Gasteiger partial charge >= 0.3 is 0 Å². The highest BCUT2D eigenvalue weighted by Gasteiger charge is 2.14. The van der Waals surface area contributed by atoms with Crippen molar-refractivity contribution >= 4 is 5.91 Å². The lowest BCUT2D eigenvalue weighted by Crippen LogP contribution is -2.30. The number of nitrogens with one attached hydrogen (secondary N) is 1. The Kier molecular flexibility index (Phi) is 5.72. The molecule has 0 saturated heterocycles. The largest absolute Gasteiger partial charge is 0.441 e. The summed E-state index contributed by atoms with van der Waals surface area (Å²) in [6, 6.07) is 9.62. The molecule has 0 aliphatic rings. The smallest absolute Gasteiger partial charge is 0.226 e. The molecule has 1 unspecified atom stereocenters. The fourth-order valence-electron chi connectivity index (χ4n) is 2.12. The molecular weight excluding hydrogens is 280 g/mol. The van der Waals surface area contributed by atoms with Gasteiger partial charge in [0.15, 0.2) is 0 Å². The second-order valence-corrected chi connectivity index (χ2v) is 5.49. The second kappa shape index (κ2) is 7.75. The number of aliphatic hydroxyl groups excluding tert-OH is 1. The zero-order valence-corrected chi connectivity index (χ0v) is 13.0. The number of hydrogen-bond donors (Lipinski definition) is 2. The molecule has 1 aromatic heterocycles. The molecule has 22 heavy (non-hydrogen) atoms. The third-order valence-electron chi connectivity index (χ3n) is 3.51. The Morgan fingerprint density at radius 2 is 2.09 bits per heavy atom. The fourth-order valence-corrected chi connectivity index (χ4v) is 2.12. The van der Waals surface area contributed by atoms with Crippen LogP contribution >= 0.6 is 0 Å². The monoisotopic (exact) mass is 302 g/mol. The Morgan fingerprint density at radius 3 is 2.77 bits per heavy atom. The van der Waals surface area contributed by atoms with E-state index in [-0.39, 0.29) is 24.9 Å². The van der Waals surface area contributed by atoms with E-state index in [4.69, 9.17) is 9.52 Å². The first-order valence-electron chi connectivity index (χ1n) is 7.49. The third kappa shape index (κ3) is 4.43. The van der Waals surface area contributed by atoms with E-state index in [0.717, 1.165) is 5.56 Å². The van der Waals surface area contributed by atoms with Gasteiger partial charge in [-0.05, 0) is 31.4 Å². The van der Waals surface area contributed by atoms with Gasteiger partial charge in [0, 0.05) is 18.7 Å². The summed E-state index contributed by atoms with van der Waals surface area (Å²) in [6.07, 6.45) is 0.884. The molecule has 0 bridgehead atoms. The number of aryl methyl sites for hydroxylation is 1. The van der Waals surface area contributed by atoms with Crippen LogP contribution in [0.2, 0.25) is 0 Å². The number of benzene rings is 1. The summed E-state index contributed by atoms with van der Waals surface area (Å²) < 4.78 is 5.64. The molecule has 1 heterocycles. The van der Waals surface area contributed by atoms with E-state index in [2.05, 4.69) is 10.3 Å². The number of hydrogen-bond acceptors (Lipinski definition) is 4. The molecule has 0 radical (unpaired) electrons. The minimum Gasteiger partial charge on any atom is -0.441 e. The lowest BCUT2D eigenvalue weighted by Gasteiger charge is -2.10. The molecule has 1 atom stereocenters. The lowest BCUT2D eigenvalue weighted by atomic mass is 10.1. The average molecular weight is 302 g/mol. The molecule has 2 N–H and O–H groups in total. The molecule has 0 aliphatic carbocycles. The van der Waals surface area contributed by atoms with E-state index < -0.39 is 0 Å². The van der Waals surface area contributed by atoms with Gasteiger partial charge in [-0.25, -0.2) is 4.98 Å². The number of aliphatic hydroxyl groups is 1. The Bertz CT molecular complexity index is 608. The summed E-state index contributed by atoms with van der Waals surface area (Å²) in [5, 5.41) is 11.7. The van der Waals surface area contributed by atoms with Crippen molar-refractivity contribution in [3.63, 3.8) is 0 Å². The molecule has 0 fully saturated rings. The van der Waals surface area contributed by atoms with Crippen molar-refractivity contribution in [3.05, 3.63) is 41.8 Å². The third-order valence-corrected chi connectivity index (χ3v) is 3.51. The van der Waals surface area contributed by atoms with Crippen LogP contribution in [0.4, 0.5) is 0 Å². The predicted octanol–water partition coefficient (Wildman–Crippen LogP) is 2.33. The first-order chi connectivity index (χ1) is 10.6. The Balaban J connectivity index is 1.96. The summed E-state index contributed by atoms with van der Waals surface area (Å²) in [5.74, 6) is 1.37. The molecule has 2 rings (SSSR count). The van der Waals surface area contributed by atoms with Crippen LogP contribution in [0.3, 0.4) is 0 Å². The highest BCUT2D eigenvalue weighted by Crippen LogP contribution is 2.21. The van der Waals surface area contributed by atoms with Gasteiger partial charge in [0.25, 0.3) is 0 Å². The lowest BCUT2D eigenvalue weighted by molar-refractivity contribution is -0.120. The molecule has 118 valence electrons. The number of aromatic nitrogens is 1. The van der Waals surface area contributed by atoms with E-state index >= 15 is 0 Å². The minimum atomic E-state index is -0.0826. The predicted molar refractivity (Wildman–Crippen MR) is 84.3 cm³/mol. The van der Waals surface area contributed by atoms with E-state index in [9.17, 15) is 4.79 Å². The minimum absolute atomic E-state index is 0.0826. The van der Waals surface area contributed by atoms with Crippen molar-refractivity contribution in [2.75, 3.05) is 13.2 Å². The Labute approximate surface area is 130 Å². The van der Waals surface area contributed by atoms with E-state index in [0.29, 0.717) is 30.3 Å². The molecule has 0 aliphatic heterocycles. The molecule has 2 aromatic rings. The number of carbonyl (C=O) groups is 1. The van der Waals surface area contributed by atoms with Crippen LogP contribution in [0.5, 0.6) is 0 Å². The Morgan fingerprint density at radius 1 is 1.36 bits per heavy atom. The summed E-state index contributed by atoms with van der Waals surface area (Å²) in [4.78, 5) is 16.4. The van der Waals surface area contributed by atoms with Crippen LogP contribution in [0.1, 0.15) is 24.8 Å². The van der Waals surface area contributed by atoms with Gasteiger partial charge in [-0.2, -0.15) is 0 Å². The van der Waals surface area contributed by atoms with Crippen LogP contribution in [0.25, 0.3) is 11.5 Å². The van der Waals surface area contributed by atoms with Crippen LogP contribution in [-0.4, -0.2) is 29.1 Å². The molecule has 0 saturated carbocycles. The topological polar surface area (TPSA) is 75.4 Å². The normalized spacial score (nSPS) is 12.1. The van der Waals surface area contributed by atoms with Crippen molar-refractivity contribution in [1.82, 2.24) is 10.3 Å². The number of oxazole rings is 1. The van der Waals surface area contributed by atoms with Crippen LogP contribution < -0.4 is 5.32 Å². The van der Waals surface area contributed by atoms with Gasteiger partial charge in [-0.3, -0.25) is 4.79 Å². The first kappa shape index (κ1) is 16.2. The summed E-state index contributed by atoms with van der Waals surface area (Å²) in [7, 11) is 0. The van der Waals surface area contributed by atoms with Gasteiger partial charge in [0.2, 0.25) is 11.8 Å². The van der Waals surface area contributed by atoms with E-state index in [1.165, 1.54) is 0 Å². The zero-order chi connectivity index (χ0) is 15.9. The molecule has 5 heteroatoms. The molecule has 5 nitrogen and oxygen atoms in total. The number of carbonyl (C=O) groups excluding carboxylic acids is 1. The van der Waals surface area contributed by atoms with Gasteiger partial charge < -0.3 is 14.8 Å². The summed E-state index contributed by atoms with van der Waals surface area (Å²) in [5.41, 5.74) is 1.56.